The summed E-state index contributed by atoms with van der Waals surface area (Å²) in [4.78, 5) is 8.61. The van der Waals surface area contributed by atoms with Crippen molar-refractivity contribution in [3.8, 4) is 11.3 Å². The maximum absolute atomic E-state index is 4.67. The van der Waals surface area contributed by atoms with Gasteiger partial charge >= 0.3 is 0 Å². The van der Waals surface area contributed by atoms with Crippen LogP contribution in [0.4, 0.5) is 5.69 Å². The second-order valence-corrected chi connectivity index (χ2v) is 8.19. The molecule has 2 aromatic rings. The van der Waals surface area contributed by atoms with Crippen LogP contribution in [0.1, 0.15) is 17.7 Å². The number of rotatable bonds is 2. The number of hydrogen-bond acceptors (Lipinski definition) is 4. The maximum atomic E-state index is 4.67. The summed E-state index contributed by atoms with van der Waals surface area (Å²) in [5, 5.41) is 3.46. The minimum absolute atomic E-state index is 0.803. The van der Waals surface area contributed by atoms with E-state index in [1.54, 1.807) is 11.3 Å². The number of benzene rings is 1. The van der Waals surface area contributed by atoms with Crippen LogP contribution in [-0.2, 0) is 6.54 Å². The van der Waals surface area contributed by atoms with Gasteiger partial charge in [0.1, 0.15) is 0 Å². The standard InChI is InChI=1S/C16H18BrN3S/c17-16-19-15-12-3-1-2-4-13(12)20(10-14(15)21-16)9-11-5-7-18-8-6-11/h1-4,11,18H,5-10H2. The van der Waals surface area contributed by atoms with Gasteiger partial charge in [-0.3, -0.25) is 0 Å². The second kappa shape index (κ2) is 5.71. The number of nitrogens with one attached hydrogen (secondary N) is 1. The molecule has 1 fully saturated rings. The lowest BCUT2D eigenvalue weighted by Crippen LogP contribution is -2.37. The van der Waals surface area contributed by atoms with Crippen molar-refractivity contribution in [1.82, 2.24) is 10.3 Å². The lowest BCUT2D eigenvalue weighted by Gasteiger charge is -2.35. The van der Waals surface area contributed by atoms with Gasteiger partial charge in [0.15, 0.2) is 3.92 Å². The molecule has 3 heterocycles. The molecule has 5 heteroatoms. The summed E-state index contributed by atoms with van der Waals surface area (Å²) >= 11 is 5.31. The monoisotopic (exact) mass is 363 g/mol. The van der Waals surface area contributed by atoms with Crippen LogP contribution in [0.5, 0.6) is 0 Å². The number of para-hydroxylation sites is 1. The van der Waals surface area contributed by atoms with E-state index in [9.17, 15) is 0 Å². The van der Waals surface area contributed by atoms with Crippen LogP contribution in [0.25, 0.3) is 11.3 Å². The van der Waals surface area contributed by atoms with Crippen LogP contribution < -0.4 is 10.2 Å². The first kappa shape index (κ1) is 13.7. The SMILES string of the molecule is Brc1nc2c(s1)CN(CC1CCNCC1)c1ccccc1-2. The highest BCUT2D eigenvalue weighted by Gasteiger charge is 2.27. The Bertz CT molecular complexity index is 649. The second-order valence-electron chi connectivity index (χ2n) is 5.83. The van der Waals surface area contributed by atoms with Crippen LogP contribution in [0.2, 0.25) is 0 Å². The Labute approximate surface area is 137 Å². The highest BCUT2D eigenvalue weighted by atomic mass is 79.9. The number of nitrogens with zero attached hydrogens (tertiary/aromatic N) is 2. The third kappa shape index (κ3) is 2.62. The first-order valence-electron chi connectivity index (χ1n) is 7.51. The first-order chi connectivity index (χ1) is 10.3. The Balaban J connectivity index is 1.67. The minimum atomic E-state index is 0.803. The smallest absolute Gasteiger partial charge is 0.160 e. The van der Waals surface area contributed by atoms with Gasteiger partial charge in [-0.05, 0) is 53.8 Å². The number of aromatic nitrogens is 1. The first-order valence-corrected chi connectivity index (χ1v) is 9.12. The van der Waals surface area contributed by atoms with Crippen molar-refractivity contribution in [1.29, 1.82) is 0 Å². The molecular weight excluding hydrogens is 346 g/mol. The molecule has 1 aromatic heterocycles. The predicted molar refractivity (Wildman–Crippen MR) is 91.9 cm³/mol. The topological polar surface area (TPSA) is 28.2 Å². The summed E-state index contributed by atoms with van der Waals surface area (Å²) in [6.07, 6.45) is 2.58. The highest BCUT2D eigenvalue weighted by Crippen LogP contribution is 2.42. The summed E-state index contributed by atoms with van der Waals surface area (Å²) in [6.45, 7) is 4.49. The number of anilines is 1. The van der Waals surface area contributed by atoms with Crippen molar-refractivity contribution in [2.75, 3.05) is 24.5 Å². The van der Waals surface area contributed by atoms with Gasteiger partial charge < -0.3 is 10.2 Å². The summed E-state index contributed by atoms with van der Waals surface area (Å²) in [5.41, 5.74) is 3.81. The van der Waals surface area contributed by atoms with Crippen molar-refractivity contribution in [3.63, 3.8) is 0 Å². The number of thiazole rings is 1. The molecule has 2 aliphatic rings. The van der Waals surface area contributed by atoms with E-state index in [0.717, 1.165) is 36.0 Å². The van der Waals surface area contributed by atoms with E-state index in [1.807, 2.05) is 0 Å². The fraction of sp³-hybridized carbons (Fsp3) is 0.438. The molecule has 3 nitrogen and oxygen atoms in total. The number of hydrogen-bond donors (Lipinski definition) is 1. The average Bonchev–Trinajstić information content (AvgIpc) is 2.89. The maximum Gasteiger partial charge on any atom is 0.160 e. The van der Waals surface area contributed by atoms with E-state index < -0.39 is 0 Å². The molecule has 21 heavy (non-hydrogen) atoms. The molecule has 4 rings (SSSR count). The Morgan fingerprint density at radius 3 is 2.95 bits per heavy atom. The molecule has 0 atom stereocenters. The Hall–Kier alpha value is -0.910. The van der Waals surface area contributed by atoms with E-state index in [4.69, 9.17) is 0 Å². The van der Waals surface area contributed by atoms with Crippen molar-refractivity contribution < 1.29 is 0 Å². The van der Waals surface area contributed by atoms with Crippen LogP contribution in [0, 0.1) is 5.92 Å². The van der Waals surface area contributed by atoms with Gasteiger partial charge in [-0.15, -0.1) is 11.3 Å². The number of piperidine rings is 1. The zero-order valence-electron chi connectivity index (χ0n) is 11.8. The number of halogens is 1. The van der Waals surface area contributed by atoms with E-state index in [1.165, 1.54) is 34.7 Å². The predicted octanol–water partition coefficient (Wildman–Crippen LogP) is 3.89. The van der Waals surface area contributed by atoms with Crippen molar-refractivity contribution in [2.45, 2.75) is 19.4 Å². The van der Waals surface area contributed by atoms with E-state index in [0.29, 0.717) is 0 Å². The molecule has 0 amide bonds. The van der Waals surface area contributed by atoms with Crippen LogP contribution in [-0.4, -0.2) is 24.6 Å². The fourth-order valence-corrected chi connectivity index (χ4v) is 4.96. The molecule has 0 bridgehead atoms. The lowest BCUT2D eigenvalue weighted by molar-refractivity contribution is 0.373. The van der Waals surface area contributed by atoms with Gasteiger partial charge in [-0.1, -0.05) is 18.2 Å². The molecule has 0 aliphatic carbocycles. The Kier molecular flexibility index (Phi) is 3.73. The summed E-state index contributed by atoms with van der Waals surface area (Å²) in [6, 6.07) is 8.70. The molecule has 0 spiro atoms. The third-order valence-electron chi connectivity index (χ3n) is 4.44. The van der Waals surface area contributed by atoms with Crippen molar-refractivity contribution in [3.05, 3.63) is 33.1 Å². The van der Waals surface area contributed by atoms with Crippen LogP contribution in [0.3, 0.4) is 0 Å². The summed E-state index contributed by atoms with van der Waals surface area (Å²) < 4.78 is 0.992. The number of fused-ring (bicyclic) bond motifs is 3. The largest absolute Gasteiger partial charge is 0.365 e. The third-order valence-corrected chi connectivity index (χ3v) is 5.93. The molecular formula is C16H18BrN3S. The molecule has 0 saturated carbocycles. The minimum Gasteiger partial charge on any atom is -0.365 e. The molecule has 1 saturated heterocycles. The molecule has 1 N–H and O–H groups in total. The molecule has 0 radical (unpaired) electrons. The lowest BCUT2D eigenvalue weighted by atomic mass is 9.95. The average molecular weight is 364 g/mol. The zero-order chi connectivity index (χ0) is 14.2. The van der Waals surface area contributed by atoms with Crippen LogP contribution in [0.15, 0.2) is 28.2 Å². The Morgan fingerprint density at radius 2 is 2.10 bits per heavy atom. The van der Waals surface area contributed by atoms with Gasteiger partial charge in [-0.25, -0.2) is 4.98 Å². The summed E-state index contributed by atoms with van der Waals surface area (Å²) in [5.74, 6) is 0.803. The zero-order valence-corrected chi connectivity index (χ0v) is 14.2. The quantitative estimate of drug-likeness (QED) is 0.876. The Morgan fingerprint density at radius 1 is 1.29 bits per heavy atom. The van der Waals surface area contributed by atoms with Gasteiger partial charge in [-0.2, -0.15) is 0 Å². The molecule has 110 valence electrons. The molecule has 2 aliphatic heterocycles. The van der Waals surface area contributed by atoms with Crippen molar-refractivity contribution in [2.24, 2.45) is 5.92 Å². The van der Waals surface area contributed by atoms with Gasteiger partial charge in [0.05, 0.1) is 17.1 Å². The van der Waals surface area contributed by atoms with E-state index in [-0.39, 0.29) is 0 Å². The van der Waals surface area contributed by atoms with Gasteiger partial charge in [0.25, 0.3) is 0 Å². The molecule has 0 unspecified atom stereocenters. The fourth-order valence-electron chi connectivity index (χ4n) is 3.39. The highest BCUT2D eigenvalue weighted by molar-refractivity contribution is 9.11. The van der Waals surface area contributed by atoms with Gasteiger partial charge in [0.2, 0.25) is 0 Å². The van der Waals surface area contributed by atoms with E-state index >= 15 is 0 Å². The normalized spacial score (nSPS) is 18.4. The van der Waals surface area contributed by atoms with Gasteiger partial charge in [0, 0.05) is 17.8 Å². The summed E-state index contributed by atoms with van der Waals surface area (Å²) in [7, 11) is 0. The van der Waals surface area contributed by atoms with Crippen molar-refractivity contribution >= 4 is 33.0 Å². The molecule has 1 aromatic carbocycles. The van der Waals surface area contributed by atoms with Crippen LogP contribution >= 0.6 is 27.3 Å². The van der Waals surface area contributed by atoms with E-state index in [2.05, 4.69) is 55.4 Å².